The van der Waals surface area contributed by atoms with Crippen molar-refractivity contribution in [2.75, 3.05) is 12.4 Å². The first kappa shape index (κ1) is 18.9. The summed E-state index contributed by atoms with van der Waals surface area (Å²) >= 11 is 1.33. The van der Waals surface area contributed by atoms with Crippen LogP contribution in [0.5, 0.6) is 5.75 Å². The Hall–Kier alpha value is -3.45. The highest BCUT2D eigenvalue weighted by Gasteiger charge is 2.15. The van der Waals surface area contributed by atoms with Gasteiger partial charge in [0.1, 0.15) is 11.3 Å². The van der Waals surface area contributed by atoms with Crippen molar-refractivity contribution in [2.24, 2.45) is 0 Å². The number of carbonyl (C=O) groups excluding carboxylic acids is 1. The molecule has 0 unspecified atom stereocenters. The Kier molecular flexibility index (Phi) is 5.14. The predicted molar refractivity (Wildman–Crippen MR) is 115 cm³/mol. The third-order valence-corrected chi connectivity index (χ3v) is 5.45. The Balaban J connectivity index is 1.58. The van der Waals surface area contributed by atoms with E-state index in [2.05, 4.69) is 10.3 Å². The average Bonchev–Trinajstić information content (AvgIpc) is 3.10. The van der Waals surface area contributed by atoms with Crippen LogP contribution in [0.15, 0.2) is 65.6 Å². The number of aromatic nitrogens is 2. The minimum absolute atomic E-state index is 0.0805. The van der Waals surface area contributed by atoms with Crippen LogP contribution in [0.1, 0.15) is 21.5 Å². The molecule has 0 saturated carbocycles. The first-order chi connectivity index (χ1) is 14.0. The Morgan fingerprint density at radius 1 is 1.17 bits per heavy atom. The Bertz CT molecular complexity index is 1260. The van der Waals surface area contributed by atoms with E-state index in [0.717, 1.165) is 27.1 Å². The van der Waals surface area contributed by atoms with E-state index >= 15 is 0 Å². The average molecular weight is 405 g/mol. The monoisotopic (exact) mass is 405 g/mol. The number of hydrogen-bond acceptors (Lipinski definition) is 5. The van der Waals surface area contributed by atoms with Gasteiger partial charge in [0, 0.05) is 6.20 Å². The maximum atomic E-state index is 12.8. The fourth-order valence-electron chi connectivity index (χ4n) is 3.09. The van der Waals surface area contributed by atoms with Gasteiger partial charge in [-0.25, -0.2) is 4.98 Å². The lowest BCUT2D eigenvalue weighted by Crippen LogP contribution is -2.29. The number of nitrogens with zero attached hydrogens (tertiary/aromatic N) is 2. The van der Waals surface area contributed by atoms with Gasteiger partial charge in [0.25, 0.3) is 11.5 Å². The van der Waals surface area contributed by atoms with Gasteiger partial charge in [0.15, 0.2) is 5.13 Å². The molecule has 1 amide bonds. The minimum atomic E-state index is -0.473. The molecule has 4 rings (SSSR count). The highest BCUT2D eigenvalue weighted by molar-refractivity contribution is 7.22. The number of ether oxygens (including phenoxy) is 1. The molecule has 0 saturated heterocycles. The van der Waals surface area contributed by atoms with Gasteiger partial charge in [-0.2, -0.15) is 0 Å². The van der Waals surface area contributed by atoms with E-state index in [4.69, 9.17) is 4.74 Å². The van der Waals surface area contributed by atoms with Gasteiger partial charge in [0.05, 0.1) is 23.9 Å². The van der Waals surface area contributed by atoms with Gasteiger partial charge in [-0.05, 0) is 42.8 Å². The summed E-state index contributed by atoms with van der Waals surface area (Å²) in [7, 11) is 1.60. The molecule has 0 aliphatic carbocycles. The van der Waals surface area contributed by atoms with Crippen LogP contribution in [0.2, 0.25) is 0 Å². The first-order valence-corrected chi connectivity index (χ1v) is 9.86. The van der Waals surface area contributed by atoms with E-state index in [9.17, 15) is 9.59 Å². The second kappa shape index (κ2) is 7.89. The van der Waals surface area contributed by atoms with Crippen molar-refractivity contribution >= 4 is 32.6 Å². The van der Waals surface area contributed by atoms with Gasteiger partial charge in [-0.1, -0.05) is 41.2 Å². The van der Waals surface area contributed by atoms with Crippen LogP contribution in [-0.4, -0.2) is 22.6 Å². The number of hydrogen-bond donors (Lipinski definition) is 1. The van der Waals surface area contributed by atoms with Crippen molar-refractivity contribution in [3.05, 3.63) is 87.8 Å². The standard InChI is InChI=1S/C22H19N3O3S/c1-14-5-3-6-15(11-14)13-25-10-4-7-17(21(25)27)20(26)24-22-23-18-9-8-16(28-2)12-19(18)29-22/h3-12H,13H2,1-2H3,(H,23,24,26). The molecule has 2 aromatic carbocycles. The van der Waals surface area contributed by atoms with E-state index < -0.39 is 5.91 Å². The molecule has 146 valence electrons. The van der Waals surface area contributed by atoms with E-state index in [1.165, 1.54) is 22.0 Å². The number of rotatable bonds is 5. The molecule has 29 heavy (non-hydrogen) atoms. The van der Waals surface area contributed by atoms with E-state index in [1.807, 2.05) is 49.4 Å². The molecule has 2 heterocycles. The molecule has 0 aliphatic heterocycles. The quantitative estimate of drug-likeness (QED) is 0.543. The van der Waals surface area contributed by atoms with Crippen LogP contribution >= 0.6 is 11.3 Å². The third-order valence-electron chi connectivity index (χ3n) is 4.52. The lowest BCUT2D eigenvalue weighted by molar-refractivity contribution is 0.102. The van der Waals surface area contributed by atoms with Crippen LogP contribution in [-0.2, 0) is 6.54 Å². The molecule has 0 bridgehead atoms. The lowest BCUT2D eigenvalue weighted by atomic mass is 10.1. The fourth-order valence-corrected chi connectivity index (χ4v) is 3.98. The summed E-state index contributed by atoms with van der Waals surface area (Å²) in [6.45, 7) is 2.41. The van der Waals surface area contributed by atoms with E-state index in [0.29, 0.717) is 11.7 Å². The van der Waals surface area contributed by atoms with Gasteiger partial charge < -0.3 is 9.30 Å². The van der Waals surface area contributed by atoms with Crippen molar-refractivity contribution in [3.8, 4) is 5.75 Å². The smallest absolute Gasteiger partial charge is 0.263 e. The van der Waals surface area contributed by atoms with Crippen molar-refractivity contribution in [1.29, 1.82) is 0 Å². The minimum Gasteiger partial charge on any atom is -0.497 e. The predicted octanol–water partition coefficient (Wildman–Crippen LogP) is 4.08. The van der Waals surface area contributed by atoms with Gasteiger partial charge in [0.2, 0.25) is 0 Å². The van der Waals surface area contributed by atoms with Crippen molar-refractivity contribution < 1.29 is 9.53 Å². The molecule has 2 aromatic heterocycles. The zero-order chi connectivity index (χ0) is 20.4. The summed E-state index contributed by atoms with van der Waals surface area (Å²) in [6, 6.07) is 16.7. The van der Waals surface area contributed by atoms with E-state index in [-0.39, 0.29) is 11.1 Å². The van der Waals surface area contributed by atoms with Crippen molar-refractivity contribution in [2.45, 2.75) is 13.5 Å². The number of amides is 1. The molecule has 1 N–H and O–H groups in total. The van der Waals surface area contributed by atoms with Crippen molar-refractivity contribution in [3.63, 3.8) is 0 Å². The number of carbonyl (C=O) groups is 1. The zero-order valence-corrected chi connectivity index (χ0v) is 16.8. The number of thiazole rings is 1. The van der Waals surface area contributed by atoms with Crippen LogP contribution in [0.25, 0.3) is 10.2 Å². The molecule has 0 spiro atoms. The number of benzene rings is 2. The molecule has 7 heteroatoms. The van der Waals surface area contributed by atoms with Crippen LogP contribution in [0, 0.1) is 6.92 Å². The molecule has 0 radical (unpaired) electrons. The van der Waals surface area contributed by atoms with E-state index in [1.54, 1.807) is 19.4 Å². The van der Waals surface area contributed by atoms with Crippen LogP contribution in [0.3, 0.4) is 0 Å². The highest BCUT2D eigenvalue weighted by atomic mass is 32.1. The van der Waals surface area contributed by atoms with Gasteiger partial charge in [-0.3, -0.25) is 14.9 Å². The summed E-state index contributed by atoms with van der Waals surface area (Å²) in [5.74, 6) is 0.251. The molecule has 4 aromatic rings. The molecular formula is C22H19N3O3S. The largest absolute Gasteiger partial charge is 0.497 e. The van der Waals surface area contributed by atoms with Gasteiger partial charge >= 0.3 is 0 Å². The Labute approximate surface area is 171 Å². The molecule has 0 fully saturated rings. The molecular weight excluding hydrogens is 386 g/mol. The number of fused-ring (bicyclic) bond motifs is 1. The molecule has 6 nitrogen and oxygen atoms in total. The Morgan fingerprint density at radius 2 is 2.03 bits per heavy atom. The summed E-state index contributed by atoms with van der Waals surface area (Å²) in [5, 5.41) is 3.18. The molecule has 0 atom stereocenters. The molecule has 0 aliphatic rings. The SMILES string of the molecule is COc1ccc2nc(NC(=O)c3cccn(Cc4cccc(C)c4)c3=O)sc2c1. The number of aryl methyl sites for hydroxylation is 1. The van der Waals surface area contributed by atoms with Gasteiger partial charge in [-0.15, -0.1) is 0 Å². The normalized spacial score (nSPS) is 10.8. The maximum absolute atomic E-state index is 12.8. The second-order valence-corrected chi connectivity index (χ2v) is 7.68. The number of methoxy groups -OCH3 is 1. The van der Waals surface area contributed by atoms with Crippen LogP contribution in [0.4, 0.5) is 5.13 Å². The third kappa shape index (κ3) is 4.05. The number of anilines is 1. The lowest BCUT2D eigenvalue weighted by Gasteiger charge is -2.08. The first-order valence-electron chi connectivity index (χ1n) is 9.04. The van der Waals surface area contributed by atoms with Crippen molar-refractivity contribution in [1.82, 2.24) is 9.55 Å². The zero-order valence-electron chi connectivity index (χ0n) is 16.0. The fraction of sp³-hybridized carbons (Fsp3) is 0.136. The highest BCUT2D eigenvalue weighted by Crippen LogP contribution is 2.29. The number of pyridine rings is 1. The summed E-state index contributed by atoms with van der Waals surface area (Å²) in [5.41, 5.74) is 2.63. The number of nitrogens with one attached hydrogen (secondary N) is 1. The topological polar surface area (TPSA) is 73.2 Å². The van der Waals surface area contributed by atoms with Crippen LogP contribution < -0.4 is 15.6 Å². The summed E-state index contributed by atoms with van der Waals surface area (Å²) in [6.07, 6.45) is 1.69. The summed E-state index contributed by atoms with van der Waals surface area (Å²) in [4.78, 5) is 29.9. The Morgan fingerprint density at radius 3 is 2.83 bits per heavy atom. The summed E-state index contributed by atoms with van der Waals surface area (Å²) < 4.78 is 7.64. The maximum Gasteiger partial charge on any atom is 0.263 e. The second-order valence-electron chi connectivity index (χ2n) is 6.65.